The van der Waals surface area contributed by atoms with E-state index < -0.39 is 23.4 Å². The van der Waals surface area contributed by atoms with E-state index in [-0.39, 0.29) is 13.2 Å². The molecule has 1 heterocycles. The Balaban J connectivity index is 2.81. The summed E-state index contributed by atoms with van der Waals surface area (Å²) in [6.07, 6.45) is 0. The van der Waals surface area contributed by atoms with Crippen molar-refractivity contribution in [3.8, 4) is 0 Å². The lowest BCUT2D eigenvalue weighted by molar-refractivity contribution is -0.175. The molecule has 1 rings (SSSR count). The Kier molecular flexibility index (Phi) is 2.53. The summed E-state index contributed by atoms with van der Waals surface area (Å²) in [6.45, 7) is 0.0320. The Hall–Kier alpha value is -1.14. The molecule has 1 atom stereocenters. The molecule has 1 aliphatic heterocycles. The van der Waals surface area contributed by atoms with Crippen LogP contribution >= 0.6 is 0 Å². The lowest BCUT2D eigenvalue weighted by Gasteiger charge is -2.43. The molecule has 13 heavy (non-hydrogen) atoms. The summed E-state index contributed by atoms with van der Waals surface area (Å²) >= 11 is 0. The predicted molar refractivity (Wildman–Crippen MR) is 41.4 cm³/mol. The molecule has 0 aliphatic carbocycles. The third-order valence-corrected chi connectivity index (χ3v) is 2.32. The molecule has 0 aromatic heterocycles. The zero-order chi connectivity index (χ0) is 10.1. The molecule has 3 N–H and O–H groups in total. The van der Waals surface area contributed by atoms with E-state index in [0.717, 1.165) is 0 Å². The van der Waals surface area contributed by atoms with Crippen molar-refractivity contribution in [2.24, 2.45) is 5.41 Å². The third kappa shape index (κ3) is 1.27. The first kappa shape index (κ1) is 9.94. The fourth-order valence-electron chi connectivity index (χ4n) is 1.36. The smallest absolute Gasteiger partial charge is 0.324 e. The van der Waals surface area contributed by atoms with Gasteiger partial charge >= 0.3 is 11.9 Å². The average molecular weight is 189 g/mol. The Labute approximate surface area is 74.5 Å². The summed E-state index contributed by atoms with van der Waals surface area (Å²) < 4.78 is 4.71. The molecule has 1 aliphatic rings. The van der Waals surface area contributed by atoms with E-state index in [1.54, 1.807) is 0 Å². The van der Waals surface area contributed by atoms with Crippen LogP contribution in [0.3, 0.4) is 0 Å². The zero-order valence-corrected chi connectivity index (χ0v) is 7.11. The van der Waals surface area contributed by atoms with E-state index >= 15 is 0 Å². The van der Waals surface area contributed by atoms with Gasteiger partial charge in [0.1, 0.15) is 0 Å². The first-order valence-electron chi connectivity index (χ1n) is 3.75. The highest BCUT2D eigenvalue weighted by atomic mass is 16.5. The van der Waals surface area contributed by atoms with Gasteiger partial charge in [-0.3, -0.25) is 9.59 Å². The number of carbonyl (C=O) groups is 2. The Morgan fingerprint density at radius 2 is 2.08 bits per heavy atom. The van der Waals surface area contributed by atoms with Crippen LogP contribution in [-0.4, -0.2) is 48.5 Å². The van der Waals surface area contributed by atoms with E-state index in [1.165, 1.54) is 7.11 Å². The van der Waals surface area contributed by atoms with Gasteiger partial charge in [-0.15, -0.1) is 0 Å². The predicted octanol–water partition coefficient (Wildman–Crippen LogP) is -1.24. The van der Waals surface area contributed by atoms with E-state index in [1.807, 2.05) is 0 Å². The highest BCUT2D eigenvalue weighted by Crippen LogP contribution is 2.30. The molecule has 1 saturated heterocycles. The van der Waals surface area contributed by atoms with Crippen molar-refractivity contribution < 1.29 is 24.5 Å². The van der Waals surface area contributed by atoms with E-state index in [0.29, 0.717) is 0 Å². The lowest BCUT2D eigenvalue weighted by atomic mass is 9.74. The molecule has 0 amide bonds. The molecular formula is C7H11NO5. The molecule has 1 unspecified atom stereocenters. The van der Waals surface area contributed by atoms with Crippen LogP contribution < -0.4 is 5.32 Å². The average Bonchev–Trinajstić information content (AvgIpc) is 1.97. The lowest BCUT2D eigenvalue weighted by Crippen LogP contribution is -2.71. The van der Waals surface area contributed by atoms with Crippen LogP contribution in [-0.2, 0) is 14.3 Å². The van der Waals surface area contributed by atoms with Crippen LogP contribution in [0, 0.1) is 5.41 Å². The van der Waals surface area contributed by atoms with Gasteiger partial charge < -0.3 is 20.3 Å². The maximum absolute atomic E-state index is 10.8. The highest BCUT2D eigenvalue weighted by molar-refractivity contribution is 6.00. The topological polar surface area (TPSA) is 95.9 Å². The summed E-state index contributed by atoms with van der Waals surface area (Å²) in [5, 5.41) is 20.3. The quantitative estimate of drug-likeness (QED) is 0.479. The maximum Gasteiger partial charge on any atom is 0.324 e. The number of carboxylic acid groups (broad SMARTS) is 2. The van der Waals surface area contributed by atoms with Gasteiger partial charge in [-0.2, -0.15) is 0 Å². The van der Waals surface area contributed by atoms with Crippen LogP contribution in [0.15, 0.2) is 0 Å². The van der Waals surface area contributed by atoms with Crippen molar-refractivity contribution in [3.05, 3.63) is 0 Å². The van der Waals surface area contributed by atoms with Crippen LogP contribution in [0.1, 0.15) is 0 Å². The van der Waals surface area contributed by atoms with Crippen LogP contribution in [0.4, 0.5) is 0 Å². The number of rotatable bonds is 4. The normalized spacial score (nSPS) is 24.8. The van der Waals surface area contributed by atoms with Crippen LogP contribution in [0.25, 0.3) is 0 Å². The van der Waals surface area contributed by atoms with E-state index in [4.69, 9.17) is 14.9 Å². The van der Waals surface area contributed by atoms with Gasteiger partial charge in [0.25, 0.3) is 0 Å². The van der Waals surface area contributed by atoms with Gasteiger partial charge in [0.15, 0.2) is 5.41 Å². The van der Waals surface area contributed by atoms with E-state index in [2.05, 4.69) is 5.32 Å². The van der Waals surface area contributed by atoms with Gasteiger partial charge in [0.05, 0.1) is 12.6 Å². The molecule has 0 spiro atoms. The first-order valence-corrected chi connectivity index (χ1v) is 3.75. The SMILES string of the molecule is COCC1NCC1(C(=O)O)C(=O)O. The summed E-state index contributed by atoms with van der Waals surface area (Å²) in [5.74, 6) is -2.64. The summed E-state index contributed by atoms with van der Waals surface area (Å²) in [7, 11) is 1.40. The van der Waals surface area contributed by atoms with Crippen molar-refractivity contribution >= 4 is 11.9 Å². The highest BCUT2D eigenvalue weighted by Gasteiger charge is 2.59. The number of hydrogen-bond donors (Lipinski definition) is 3. The number of carboxylic acids is 2. The molecule has 0 saturated carbocycles. The minimum Gasteiger partial charge on any atom is -0.480 e. The van der Waals surface area contributed by atoms with Gasteiger partial charge in [-0.05, 0) is 0 Å². The monoisotopic (exact) mass is 189 g/mol. The van der Waals surface area contributed by atoms with E-state index in [9.17, 15) is 9.59 Å². The minimum atomic E-state index is -1.71. The van der Waals surface area contributed by atoms with Crippen LogP contribution in [0.2, 0.25) is 0 Å². The third-order valence-electron chi connectivity index (χ3n) is 2.32. The van der Waals surface area contributed by atoms with Gasteiger partial charge in [0, 0.05) is 13.7 Å². The summed E-state index contributed by atoms with van der Waals surface area (Å²) in [6, 6.07) is -0.646. The molecule has 74 valence electrons. The molecule has 1 fully saturated rings. The number of methoxy groups -OCH3 is 1. The van der Waals surface area contributed by atoms with Crippen molar-refractivity contribution in [1.29, 1.82) is 0 Å². The fourth-order valence-corrected chi connectivity index (χ4v) is 1.36. The fraction of sp³-hybridized carbons (Fsp3) is 0.714. The molecule has 0 aromatic rings. The van der Waals surface area contributed by atoms with Crippen molar-refractivity contribution in [3.63, 3.8) is 0 Å². The number of hydrogen-bond acceptors (Lipinski definition) is 4. The number of ether oxygens (including phenoxy) is 1. The number of nitrogens with one attached hydrogen (secondary N) is 1. The summed E-state index contributed by atoms with van der Waals surface area (Å²) in [4.78, 5) is 21.5. The summed E-state index contributed by atoms with van der Waals surface area (Å²) in [5.41, 5.74) is -1.71. The maximum atomic E-state index is 10.8. The van der Waals surface area contributed by atoms with Gasteiger partial charge in [0.2, 0.25) is 0 Å². The molecular weight excluding hydrogens is 178 g/mol. The largest absolute Gasteiger partial charge is 0.480 e. The zero-order valence-electron chi connectivity index (χ0n) is 7.11. The second-order valence-electron chi connectivity index (χ2n) is 2.97. The van der Waals surface area contributed by atoms with Crippen molar-refractivity contribution in [1.82, 2.24) is 5.32 Å². The first-order chi connectivity index (χ1) is 6.05. The molecule has 6 nitrogen and oxygen atoms in total. The minimum absolute atomic E-state index is 0.0499. The Morgan fingerprint density at radius 1 is 1.54 bits per heavy atom. The number of aliphatic carboxylic acids is 2. The second-order valence-corrected chi connectivity index (χ2v) is 2.97. The van der Waals surface area contributed by atoms with Gasteiger partial charge in [-0.1, -0.05) is 0 Å². The molecule has 0 radical (unpaired) electrons. The second kappa shape index (κ2) is 3.31. The molecule has 0 aromatic carbocycles. The van der Waals surface area contributed by atoms with Crippen LogP contribution in [0.5, 0.6) is 0 Å². The molecule has 0 bridgehead atoms. The molecule has 6 heteroatoms. The Bertz CT molecular complexity index is 225. The van der Waals surface area contributed by atoms with Crippen molar-refractivity contribution in [2.75, 3.05) is 20.3 Å². The Morgan fingerprint density at radius 3 is 2.31 bits per heavy atom. The van der Waals surface area contributed by atoms with Crippen molar-refractivity contribution in [2.45, 2.75) is 6.04 Å². The standard InChI is InChI=1S/C7H11NO5/c1-13-2-4-7(3-8-4,5(9)10)6(11)12/h4,8H,2-3H2,1H3,(H,9,10)(H,11,12). The van der Waals surface area contributed by atoms with Gasteiger partial charge in [-0.25, -0.2) is 0 Å².